The molecule has 3 heteroatoms. The molecule has 1 aliphatic heterocycles. The van der Waals surface area contributed by atoms with E-state index in [9.17, 15) is 4.79 Å². The first-order chi connectivity index (χ1) is 6.83. The number of furan rings is 1. The Morgan fingerprint density at radius 3 is 3.07 bits per heavy atom. The molecule has 0 spiro atoms. The lowest BCUT2D eigenvalue weighted by Gasteiger charge is -2.14. The third kappa shape index (κ3) is 1.67. The largest absolute Gasteiger partial charge is 0.438 e. The van der Waals surface area contributed by atoms with E-state index in [-0.39, 0.29) is 0 Å². The Labute approximate surface area is 83.7 Å². The topological polar surface area (TPSA) is 33.5 Å². The number of aldehydes is 1. The van der Waals surface area contributed by atoms with Crippen LogP contribution >= 0.6 is 0 Å². The molecule has 0 saturated carbocycles. The Morgan fingerprint density at radius 2 is 2.50 bits per heavy atom. The predicted molar refractivity (Wildman–Crippen MR) is 54.7 cm³/mol. The minimum atomic E-state index is 0.417. The van der Waals surface area contributed by atoms with Gasteiger partial charge >= 0.3 is 0 Å². The molecular weight excluding hydrogens is 178 g/mol. The summed E-state index contributed by atoms with van der Waals surface area (Å²) in [5, 5.41) is 0. The van der Waals surface area contributed by atoms with Crippen molar-refractivity contribution in [2.45, 2.75) is 19.8 Å². The fourth-order valence-electron chi connectivity index (χ4n) is 1.94. The van der Waals surface area contributed by atoms with Crippen LogP contribution in [0.5, 0.6) is 0 Å². The molecule has 1 aliphatic rings. The van der Waals surface area contributed by atoms with Crippen molar-refractivity contribution in [3.63, 3.8) is 0 Å². The average Bonchev–Trinajstić information content (AvgIpc) is 2.86. The molecule has 1 aromatic rings. The molecular formula is C11H15NO2. The number of anilines is 1. The highest BCUT2D eigenvalue weighted by Crippen LogP contribution is 2.26. The van der Waals surface area contributed by atoms with Crippen LogP contribution in [0.2, 0.25) is 0 Å². The van der Waals surface area contributed by atoms with E-state index in [0.29, 0.717) is 5.76 Å². The number of hydrogen-bond donors (Lipinski definition) is 0. The number of hydrogen-bond acceptors (Lipinski definition) is 3. The maximum atomic E-state index is 10.4. The third-order valence-corrected chi connectivity index (χ3v) is 2.90. The van der Waals surface area contributed by atoms with Gasteiger partial charge in [-0.1, -0.05) is 13.3 Å². The fraction of sp³-hybridized carbons (Fsp3) is 0.545. The molecule has 0 aliphatic carbocycles. The molecule has 2 rings (SSSR count). The molecule has 76 valence electrons. The van der Waals surface area contributed by atoms with Crippen LogP contribution in [0.25, 0.3) is 0 Å². The van der Waals surface area contributed by atoms with Gasteiger partial charge in [0.15, 0.2) is 17.9 Å². The van der Waals surface area contributed by atoms with Gasteiger partial charge in [0.05, 0.1) is 0 Å². The van der Waals surface area contributed by atoms with E-state index in [4.69, 9.17) is 4.42 Å². The first-order valence-electron chi connectivity index (χ1n) is 5.13. The first-order valence-corrected chi connectivity index (χ1v) is 5.13. The molecule has 0 amide bonds. The van der Waals surface area contributed by atoms with Gasteiger partial charge in [-0.15, -0.1) is 0 Å². The highest BCUT2D eigenvalue weighted by atomic mass is 16.4. The molecule has 0 radical (unpaired) electrons. The van der Waals surface area contributed by atoms with Crippen molar-refractivity contribution < 1.29 is 9.21 Å². The number of carbonyl (C=O) groups is 1. The monoisotopic (exact) mass is 193 g/mol. The van der Waals surface area contributed by atoms with Crippen LogP contribution in [0.15, 0.2) is 16.5 Å². The van der Waals surface area contributed by atoms with Gasteiger partial charge < -0.3 is 9.32 Å². The Hall–Kier alpha value is -1.25. The maximum absolute atomic E-state index is 10.4. The van der Waals surface area contributed by atoms with Crippen LogP contribution in [0.4, 0.5) is 5.88 Å². The lowest BCUT2D eigenvalue weighted by Crippen LogP contribution is -2.18. The highest BCUT2D eigenvalue weighted by molar-refractivity contribution is 5.71. The summed E-state index contributed by atoms with van der Waals surface area (Å²) in [5.41, 5.74) is 0. The molecule has 0 aromatic carbocycles. The summed E-state index contributed by atoms with van der Waals surface area (Å²) in [7, 11) is 0. The van der Waals surface area contributed by atoms with Crippen LogP contribution in [-0.4, -0.2) is 19.4 Å². The molecule has 2 heterocycles. The predicted octanol–water partition coefficient (Wildman–Crippen LogP) is 2.33. The smallest absolute Gasteiger partial charge is 0.196 e. The van der Waals surface area contributed by atoms with Crippen molar-refractivity contribution in [3.05, 3.63) is 17.9 Å². The van der Waals surface area contributed by atoms with Crippen molar-refractivity contribution in [2.75, 3.05) is 18.0 Å². The van der Waals surface area contributed by atoms with Crippen LogP contribution in [0.1, 0.15) is 30.3 Å². The van der Waals surface area contributed by atoms with Crippen molar-refractivity contribution in [1.29, 1.82) is 0 Å². The zero-order valence-corrected chi connectivity index (χ0v) is 8.40. The molecule has 1 saturated heterocycles. The van der Waals surface area contributed by atoms with Gasteiger partial charge in [0, 0.05) is 19.2 Å². The summed E-state index contributed by atoms with van der Waals surface area (Å²) in [6.45, 7) is 4.32. The summed E-state index contributed by atoms with van der Waals surface area (Å²) in [6.07, 6.45) is 3.20. The van der Waals surface area contributed by atoms with Gasteiger partial charge in [-0.2, -0.15) is 0 Å². The molecule has 0 N–H and O–H groups in total. The van der Waals surface area contributed by atoms with Gasteiger partial charge in [0.1, 0.15) is 0 Å². The van der Waals surface area contributed by atoms with E-state index in [0.717, 1.165) is 31.2 Å². The molecule has 1 aromatic heterocycles. The zero-order valence-electron chi connectivity index (χ0n) is 8.40. The lowest BCUT2D eigenvalue weighted by molar-refractivity contribution is 0.110. The SMILES string of the molecule is CCC1CCN(c2ccc(C=O)o2)C1. The van der Waals surface area contributed by atoms with E-state index < -0.39 is 0 Å². The second-order valence-corrected chi connectivity index (χ2v) is 3.80. The van der Waals surface area contributed by atoms with Crippen molar-refractivity contribution in [1.82, 2.24) is 0 Å². The van der Waals surface area contributed by atoms with Crippen LogP contribution in [0.3, 0.4) is 0 Å². The molecule has 1 atom stereocenters. The summed E-state index contributed by atoms with van der Waals surface area (Å²) in [4.78, 5) is 12.7. The Balaban J connectivity index is 2.05. The number of carbonyl (C=O) groups excluding carboxylic acids is 1. The number of nitrogens with zero attached hydrogens (tertiary/aromatic N) is 1. The van der Waals surface area contributed by atoms with Crippen LogP contribution in [0, 0.1) is 5.92 Å². The first kappa shape index (κ1) is 9.31. The third-order valence-electron chi connectivity index (χ3n) is 2.90. The van der Waals surface area contributed by atoms with Crippen LogP contribution < -0.4 is 4.90 Å². The fourth-order valence-corrected chi connectivity index (χ4v) is 1.94. The van der Waals surface area contributed by atoms with Gasteiger partial charge in [-0.25, -0.2) is 0 Å². The van der Waals surface area contributed by atoms with Crippen LogP contribution in [-0.2, 0) is 0 Å². The van der Waals surface area contributed by atoms with Gasteiger partial charge in [-0.3, -0.25) is 4.79 Å². The molecule has 14 heavy (non-hydrogen) atoms. The van der Waals surface area contributed by atoms with E-state index >= 15 is 0 Å². The summed E-state index contributed by atoms with van der Waals surface area (Å²) < 4.78 is 5.37. The van der Waals surface area contributed by atoms with Gasteiger partial charge in [0.25, 0.3) is 0 Å². The summed E-state index contributed by atoms with van der Waals surface area (Å²) in [6, 6.07) is 3.60. The average molecular weight is 193 g/mol. The second-order valence-electron chi connectivity index (χ2n) is 3.80. The normalized spacial score (nSPS) is 21.5. The Morgan fingerprint density at radius 1 is 1.64 bits per heavy atom. The Bertz CT molecular complexity index is 319. The van der Waals surface area contributed by atoms with Gasteiger partial charge in [0.2, 0.25) is 0 Å². The van der Waals surface area contributed by atoms with E-state index in [1.54, 1.807) is 6.07 Å². The summed E-state index contributed by atoms with van der Waals surface area (Å²) in [5.74, 6) is 2.03. The second kappa shape index (κ2) is 3.86. The maximum Gasteiger partial charge on any atom is 0.196 e. The van der Waals surface area contributed by atoms with Crippen molar-refractivity contribution in [3.8, 4) is 0 Å². The molecule has 1 fully saturated rings. The molecule has 1 unspecified atom stereocenters. The molecule has 0 bridgehead atoms. The lowest BCUT2D eigenvalue weighted by atomic mass is 10.1. The van der Waals surface area contributed by atoms with Crippen molar-refractivity contribution in [2.24, 2.45) is 5.92 Å². The zero-order chi connectivity index (χ0) is 9.97. The quantitative estimate of drug-likeness (QED) is 0.691. The minimum absolute atomic E-state index is 0.417. The number of rotatable bonds is 3. The summed E-state index contributed by atoms with van der Waals surface area (Å²) >= 11 is 0. The highest BCUT2D eigenvalue weighted by Gasteiger charge is 2.22. The van der Waals surface area contributed by atoms with E-state index in [1.165, 1.54) is 12.8 Å². The molecule has 3 nitrogen and oxygen atoms in total. The van der Waals surface area contributed by atoms with Gasteiger partial charge in [-0.05, 0) is 18.4 Å². The Kier molecular flexibility index (Phi) is 2.57. The van der Waals surface area contributed by atoms with Crippen molar-refractivity contribution >= 4 is 12.2 Å². The van der Waals surface area contributed by atoms with E-state index in [2.05, 4.69) is 11.8 Å². The van der Waals surface area contributed by atoms with E-state index in [1.807, 2.05) is 6.07 Å². The minimum Gasteiger partial charge on any atom is -0.438 e. The standard InChI is InChI=1S/C11H15NO2/c1-2-9-5-6-12(7-9)11-4-3-10(8-13)14-11/h3-4,8-9H,2,5-7H2,1H3.